The first-order valence-electron chi connectivity index (χ1n) is 5.65. The third kappa shape index (κ3) is 2.06. The number of nitrogens with zero attached hydrogens (tertiary/aromatic N) is 2. The van der Waals surface area contributed by atoms with Crippen molar-refractivity contribution in [1.29, 1.82) is 0 Å². The summed E-state index contributed by atoms with van der Waals surface area (Å²) in [5.74, 6) is -0.869. The SMILES string of the molecule is CN1CCN(C(CN)C(=O)O)c2ccccc21. The van der Waals surface area contributed by atoms with Gasteiger partial charge in [-0.3, -0.25) is 0 Å². The van der Waals surface area contributed by atoms with E-state index >= 15 is 0 Å². The van der Waals surface area contributed by atoms with Crippen LogP contribution < -0.4 is 15.5 Å². The highest BCUT2D eigenvalue weighted by Gasteiger charge is 2.29. The topological polar surface area (TPSA) is 69.8 Å². The number of carboxylic acids is 1. The molecule has 0 aromatic heterocycles. The number of rotatable bonds is 3. The normalized spacial score (nSPS) is 16.6. The van der Waals surface area contributed by atoms with Crippen LogP contribution in [0.3, 0.4) is 0 Å². The Labute approximate surface area is 100 Å². The predicted octanol–water partition coefficient (Wildman–Crippen LogP) is 0.355. The fourth-order valence-corrected chi connectivity index (χ4v) is 2.21. The van der Waals surface area contributed by atoms with Crippen molar-refractivity contribution in [2.45, 2.75) is 6.04 Å². The maximum atomic E-state index is 11.2. The van der Waals surface area contributed by atoms with E-state index < -0.39 is 12.0 Å². The van der Waals surface area contributed by atoms with Crippen LogP contribution >= 0.6 is 0 Å². The van der Waals surface area contributed by atoms with E-state index in [0.29, 0.717) is 6.54 Å². The number of anilines is 2. The minimum atomic E-state index is -0.869. The molecule has 2 rings (SSSR count). The molecule has 0 amide bonds. The minimum absolute atomic E-state index is 0.118. The van der Waals surface area contributed by atoms with Crippen LogP contribution in [0.15, 0.2) is 24.3 Å². The summed E-state index contributed by atoms with van der Waals surface area (Å²) < 4.78 is 0. The number of likely N-dealkylation sites (N-methyl/N-ethyl adjacent to an activating group) is 1. The molecule has 5 heteroatoms. The van der Waals surface area contributed by atoms with Crippen LogP contribution in [0, 0.1) is 0 Å². The highest BCUT2D eigenvalue weighted by Crippen LogP contribution is 2.32. The smallest absolute Gasteiger partial charge is 0.327 e. The zero-order valence-electron chi connectivity index (χ0n) is 9.84. The molecule has 0 bridgehead atoms. The summed E-state index contributed by atoms with van der Waals surface area (Å²) in [6.07, 6.45) is 0. The largest absolute Gasteiger partial charge is 0.480 e. The number of fused-ring (bicyclic) bond motifs is 1. The molecule has 0 fully saturated rings. The maximum Gasteiger partial charge on any atom is 0.327 e. The van der Waals surface area contributed by atoms with Crippen molar-refractivity contribution in [2.75, 3.05) is 36.5 Å². The average Bonchev–Trinajstić information content (AvgIpc) is 2.33. The molecule has 1 unspecified atom stereocenters. The standard InChI is InChI=1S/C12H17N3O2/c1-14-6-7-15(11(8-13)12(16)17)10-5-3-2-4-9(10)14/h2-5,11H,6-8,13H2,1H3,(H,16,17). The van der Waals surface area contributed by atoms with Gasteiger partial charge in [-0.1, -0.05) is 12.1 Å². The summed E-state index contributed by atoms with van der Waals surface area (Å²) in [5, 5.41) is 9.18. The Morgan fingerprint density at radius 1 is 1.41 bits per heavy atom. The molecule has 1 aromatic rings. The molecule has 0 saturated heterocycles. The van der Waals surface area contributed by atoms with Crippen molar-refractivity contribution >= 4 is 17.3 Å². The number of nitrogens with two attached hydrogens (primary N) is 1. The number of carbonyl (C=O) groups is 1. The first-order valence-corrected chi connectivity index (χ1v) is 5.65. The average molecular weight is 235 g/mol. The summed E-state index contributed by atoms with van der Waals surface area (Å²) in [4.78, 5) is 15.2. The predicted molar refractivity (Wildman–Crippen MR) is 67.5 cm³/mol. The maximum absolute atomic E-state index is 11.2. The summed E-state index contributed by atoms with van der Waals surface area (Å²) in [7, 11) is 2.01. The lowest BCUT2D eigenvalue weighted by molar-refractivity contribution is -0.138. The molecule has 0 spiro atoms. The van der Waals surface area contributed by atoms with Crippen molar-refractivity contribution in [2.24, 2.45) is 5.73 Å². The Morgan fingerprint density at radius 2 is 2.06 bits per heavy atom. The number of para-hydroxylation sites is 2. The van der Waals surface area contributed by atoms with E-state index in [2.05, 4.69) is 4.90 Å². The molecule has 1 atom stereocenters. The van der Waals surface area contributed by atoms with Crippen molar-refractivity contribution in [1.82, 2.24) is 0 Å². The van der Waals surface area contributed by atoms with E-state index in [9.17, 15) is 9.90 Å². The second-order valence-corrected chi connectivity index (χ2v) is 4.19. The van der Waals surface area contributed by atoms with Crippen molar-refractivity contribution in [3.8, 4) is 0 Å². The van der Waals surface area contributed by atoms with Gasteiger partial charge in [-0.15, -0.1) is 0 Å². The van der Waals surface area contributed by atoms with Gasteiger partial charge in [0.05, 0.1) is 11.4 Å². The lowest BCUT2D eigenvalue weighted by Gasteiger charge is -2.39. The van der Waals surface area contributed by atoms with Crippen LogP contribution in [0.4, 0.5) is 11.4 Å². The lowest BCUT2D eigenvalue weighted by atomic mass is 10.1. The van der Waals surface area contributed by atoms with Gasteiger partial charge in [-0.05, 0) is 12.1 Å². The van der Waals surface area contributed by atoms with Crippen LogP contribution in [-0.2, 0) is 4.79 Å². The van der Waals surface area contributed by atoms with E-state index in [0.717, 1.165) is 17.9 Å². The van der Waals surface area contributed by atoms with Crippen LogP contribution in [0.25, 0.3) is 0 Å². The molecular formula is C12H17N3O2. The van der Waals surface area contributed by atoms with Crippen LogP contribution in [0.1, 0.15) is 0 Å². The third-order valence-electron chi connectivity index (χ3n) is 3.16. The van der Waals surface area contributed by atoms with E-state index in [1.54, 1.807) is 0 Å². The van der Waals surface area contributed by atoms with Gasteiger partial charge in [-0.2, -0.15) is 0 Å². The summed E-state index contributed by atoms with van der Waals surface area (Å²) in [6, 6.07) is 7.16. The minimum Gasteiger partial charge on any atom is -0.480 e. The third-order valence-corrected chi connectivity index (χ3v) is 3.16. The number of aliphatic carboxylic acids is 1. The van der Waals surface area contributed by atoms with E-state index in [4.69, 9.17) is 5.73 Å². The molecule has 1 heterocycles. The molecule has 0 saturated carbocycles. The highest BCUT2D eigenvalue weighted by atomic mass is 16.4. The van der Waals surface area contributed by atoms with Gasteiger partial charge in [0.2, 0.25) is 0 Å². The summed E-state index contributed by atoms with van der Waals surface area (Å²) in [5.41, 5.74) is 7.56. The molecule has 1 aliphatic rings. The fourth-order valence-electron chi connectivity index (χ4n) is 2.21. The van der Waals surface area contributed by atoms with Crippen molar-refractivity contribution in [3.63, 3.8) is 0 Å². The van der Waals surface area contributed by atoms with Gasteiger partial charge < -0.3 is 20.6 Å². The number of carboxylic acid groups (broad SMARTS) is 1. The fraction of sp³-hybridized carbons (Fsp3) is 0.417. The lowest BCUT2D eigenvalue weighted by Crippen LogP contribution is -2.51. The second-order valence-electron chi connectivity index (χ2n) is 4.19. The zero-order valence-corrected chi connectivity index (χ0v) is 9.84. The number of benzene rings is 1. The molecule has 17 heavy (non-hydrogen) atoms. The Morgan fingerprint density at radius 3 is 2.65 bits per heavy atom. The van der Waals surface area contributed by atoms with Gasteiger partial charge in [0.25, 0.3) is 0 Å². The van der Waals surface area contributed by atoms with Gasteiger partial charge >= 0.3 is 5.97 Å². The Bertz CT molecular complexity index is 422. The molecular weight excluding hydrogens is 218 g/mol. The first kappa shape index (κ1) is 11.7. The highest BCUT2D eigenvalue weighted by molar-refractivity contribution is 5.83. The van der Waals surface area contributed by atoms with Gasteiger partial charge in [-0.25, -0.2) is 4.79 Å². The molecule has 1 aliphatic heterocycles. The van der Waals surface area contributed by atoms with Crippen LogP contribution in [0.5, 0.6) is 0 Å². The summed E-state index contributed by atoms with van der Waals surface area (Å²) >= 11 is 0. The summed E-state index contributed by atoms with van der Waals surface area (Å²) in [6.45, 7) is 1.61. The van der Waals surface area contributed by atoms with E-state index in [1.165, 1.54) is 0 Å². The van der Waals surface area contributed by atoms with Gasteiger partial charge in [0, 0.05) is 26.7 Å². The second kappa shape index (κ2) is 4.63. The van der Waals surface area contributed by atoms with E-state index in [1.807, 2.05) is 36.2 Å². The monoisotopic (exact) mass is 235 g/mol. The first-order chi connectivity index (χ1) is 8.15. The number of hydrogen-bond acceptors (Lipinski definition) is 4. The van der Waals surface area contributed by atoms with Crippen molar-refractivity contribution in [3.05, 3.63) is 24.3 Å². The van der Waals surface area contributed by atoms with Gasteiger partial charge in [0.1, 0.15) is 6.04 Å². The molecule has 92 valence electrons. The molecule has 3 N–H and O–H groups in total. The van der Waals surface area contributed by atoms with Crippen LogP contribution in [-0.4, -0.2) is 43.8 Å². The quantitative estimate of drug-likeness (QED) is 0.791. The molecule has 0 aliphatic carbocycles. The molecule has 0 radical (unpaired) electrons. The zero-order chi connectivity index (χ0) is 12.4. The Kier molecular flexibility index (Phi) is 3.19. The van der Waals surface area contributed by atoms with Crippen molar-refractivity contribution < 1.29 is 9.90 Å². The Balaban J connectivity index is 2.38. The van der Waals surface area contributed by atoms with Crippen LogP contribution in [0.2, 0.25) is 0 Å². The van der Waals surface area contributed by atoms with Gasteiger partial charge in [0.15, 0.2) is 0 Å². The molecule has 1 aromatic carbocycles. The Hall–Kier alpha value is -1.75. The van der Waals surface area contributed by atoms with E-state index in [-0.39, 0.29) is 6.54 Å². The molecule has 5 nitrogen and oxygen atoms in total. The number of hydrogen-bond donors (Lipinski definition) is 2.